The van der Waals surface area contributed by atoms with E-state index in [0.29, 0.717) is 23.2 Å². The molecule has 0 fully saturated rings. The molecule has 0 spiro atoms. The van der Waals surface area contributed by atoms with E-state index in [9.17, 15) is 0 Å². The Morgan fingerprint density at radius 1 is 1.44 bits per heavy atom. The number of likely N-dealkylation sites (N-methyl/N-ethyl adjacent to an activating group) is 1. The average Bonchev–Trinajstić information content (AvgIpc) is 2.33. The number of rotatable bonds is 6. The molecule has 18 heavy (non-hydrogen) atoms. The molecule has 1 heterocycles. The fraction of sp³-hybridized carbons (Fsp3) is 0.667. The Labute approximate surface area is 114 Å². The van der Waals surface area contributed by atoms with Gasteiger partial charge in [0.25, 0.3) is 0 Å². The topological polar surface area (TPSA) is 67.1 Å². The highest BCUT2D eigenvalue weighted by molar-refractivity contribution is 6.28. The van der Waals surface area contributed by atoms with Gasteiger partial charge in [-0.1, -0.05) is 6.92 Å². The molecule has 1 rings (SSSR count). The molecule has 6 heteroatoms. The van der Waals surface area contributed by atoms with Crippen molar-refractivity contribution in [1.29, 1.82) is 0 Å². The van der Waals surface area contributed by atoms with Crippen LogP contribution in [0.5, 0.6) is 0 Å². The molecule has 0 amide bonds. The predicted octanol–water partition coefficient (Wildman–Crippen LogP) is 2.16. The predicted molar refractivity (Wildman–Crippen MR) is 77.1 cm³/mol. The SMILES string of the molecule is CCC(C)N(C)CCNc1nc(Cl)nc(C)c1N. The van der Waals surface area contributed by atoms with Crippen molar-refractivity contribution >= 4 is 23.1 Å². The van der Waals surface area contributed by atoms with Gasteiger partial charge in [0.1, 0.15) is 0 Å². The minimum Gasteiger partial charge on any atom is -0.394 e. The minimum absolute atomic E-state index is 0.222. The third-order valence-corrected chi connectivity index (χ3v) is 3.38. The molecule has 0 aromatic carbocycles. The number of anilines is 2. The van der Waals surface area contributed by atoms with Crippen LogP contribution in [0.25, 0.3) is 0 Å². The number of hydrogen-bond acceptors (Lipinski definition) is 5. The summed E-state index contributed by atoms with van der Waals surface area (Å²) in [7, 11) is 2.11. The van der Waals surface area contributed by atoms with Crippen LogP contribution in [0.1, 0.15) is 26.0 Å². The molecule has 0 bridgehead atoms. The van der Waals surface area contributed by atoms with Crippen molar-refractivity contribution in [3.63, 3.8) is 0 Å². The third kappa shape index (κ3) is 3.99. The van der Waals surface area contributed by atoms with Crippen LogP contribution in [0.2, 0.25) is 5.28 Å². The highest BCUT2D eigenvalue weighted by Gasteiger charge is 2.09. The first kappa shape index (κ1) is 15.0. The summed E-state index contributed by atoms with van der Waals surface area (Å²) in [6, 6.07) is 0.569. The second-order valence-electron chi connectivity index (χ2n) is 4.50. The van der Waals surface area contributed by atoms with E-state index >= 15 is 0 Å². The maximum absolute atomic E-state index is 5.89. The van der Waals surface area contributed by atoms with Crippen LogP contribution in [0.4, 0.5) is 11.5 Å². The van der Waals surface area contributed by atoms with Crippen molar-refractivity contribution in [2.75, 3.05) is 31.2 Å². The summed E-state index contributed by atoms with van der Waals surface area (Å²) >= 11 is 5.81. The Morgan fingerprint density at radius 2 is 2.11 bits per heavy atom. The smallest absolute Gasteiger partial charge is 0.224 e. The molecule has 1 unspecified atom stereocenters. The molecule has 0 aliphatic carbocycles. The maximum atomic E-state index is 5.89. The van der Waals surface area contributed by atoms with E-state index in [0.717, 1.165) is 19.5 Å². The van der Waals surface area contributed by atoms with Gasteiger partial charge >= 0.3 is 0 Å². The first-order chi connectivity index (χ1) is 8.45. The number of aromatic nitrogens is 2. The lowest BCUT2D eigenvalue weighted by Crippen LogP contribution is -2.32. The standard InChI is InChI=1S/C12H22ClN5/c1-5-8(2)18(4)7-6-15-11-10(14)9(3)16-12(13)17-11/h8H,5-7,14H2,1-4H3,(H,15,16,17). The van der Waals surface area contributed by atoms with Crippen molar-refractivity contribution in [2.45, 2.75) is 33.2 Å². The van der Waals surface area contributed by atoms with Gasteiger partial charge in [0.15, 0.2) is 5.82 Å². The Bertz CT molecular complexity index is 396. The number of nitrogens with one attached hydrogen (secondary N) is 1. The zero-order chi connectivity index (χ0) is 13.7. The van der Waals surface area contributed by atoms with Crippen LogP contribution in [0, 0.1) is 6.92 Å². The summed E-state index contributed by atoms with van der Waals surface area (Å²) in [5.74, 6) is 0.616. The van der Waals surface area contributed by atoms with E-state index in [4.69, 9.17) is 17.3 Å². The molecule has 102 valence electrons. The fourth-order valence-corrected chi connectivity index (χ4v) is 1.78. The summed E-state index contributed by atoms with van der Waals surface area (Å²) in [5, 5.41) is 3.42. The van der Waals surface area contributed by atoms with Crippen molar-refractivity contribution in [3.05, 3.63) is 11.0 Å². The van der Waals surface area contributed by atoms with Gasteiger partial charge < -0.3 is 16.0 Å². The van der Waals surface area contributed by atoms with Crippen LogP contribution >= 0.6 is 11.6 Å². The number of nitrogens with zero attached hydrogens (tertiary/aromatic N) is 3. The normalized spacial score (nSPS) is 12.8. The molecule has 1 atom stereocenters. The lowest BCUT2D eigenvalue weighted by atomic mass is 10.2. The Kier molecular flexibility index (Phi) is 5.62. The van der Waals surface area contributed by atoms with Gasteiger partial charge in [-0.05, 0) is 38.9 Å². The zero-order valence-corrected chi connectivity index (χ0v) is 12.3. The monoisotopic (exact) mass is 271 g/mol. The van der Waals surface area contributed by atoms with Gasteiger partial charge in [0.2, 0.25) is 5.28 Å². The lowest BCUT2D eigenvalue weighted by Gasteiger charge is -2.23. The van der Waals surface area contributed by atoms with Gasteiger partial charge in [-0.2, -0.15) is 4.98 Å². The van der Waals surface area contributed by atoms with E-state index < -0.39 is 0 Å². The summed E-state index contributed by atoms with van der Waals surface area (Å²) in [6.07, 6.45) is 1.14. The van der Waals surface area contributed by atoms with Crippen LogP contribution in [-0.2, 0) is 0 Å². The highest BCUT2D eigenvalue weighted by atomic mass is 35.5. The molecular formula is C12H22ClN5. The van der Waals surface area contributed by atoms with E-state index in [2.05, 4.69) is 41.1 Å². The van der Waals surface area contributed by atoms with Crippen LogP contribution in [0.3, 0.4) is 0 Å². The van der Waals surface area contributed by atoms with Gasteiger partial charge in [-0.25, -0.2) is 4.98 Å². The van der Waals surface area contributed by atoms with E-state index in [1.165, 1.54) is 0 Å². The first-order valence-corrected chi connectivity index (χ1v) is 6.57. The molecule has 0 aliphatic rings. The summed E-state index contributed by atoms with van der Waals surface area (Å²) in [6.45, 7) is 7.91. The van der Waals surface area contributed by atoms with Crippen LogP contribution in [-0.4, -0.2) is 41.0 Å². The Morgan fingerprint density at radius 3 is 2.72 bits per heavy atom. The van der Waals surface area contributed by atoms with E-state index in [-0.39, 0.29) is 5.28 Å². The summed E-state index contributed by atoms with van der Waals surface area (Å²) in [5.41, 5.74) is 7.16. The van der Waals surface area contributed by atoms with Crippen molar-refractivity contribution in [3.8, 4) is 0 Å². The van der Waals surface area contributed by atoms with Crippen LogP contribution < -0.4 is 11.1 Å². The second-order valence-corrected chi connectivity index (χ2v) is 4.84. The molecule has 5 nitrogen and oxygen atoms in total. The molecular weight excluding hydrogens is 250 g/mol. The van der Waals surface area contributed by atoms with Gasteiger partial charge in [0.05, 0.1) is 11.4 Å². The Balaban J connectivity index is 2.54. The lowest BCUT2D eigenvalue weighted by molar-refractivity contribution is 0.261. The summed E-state index contributed by atoms with van der Waals surface area (Å²) in [4.78, 5) is 10.4. The molecule has 1 aromatic heterocycles. The van der Waals surface area contributed by atoms with E-state index in [1.54, 1.807) is 0 Å². The fourth-order valence-electron chi connectivity index (χ4n) is 1.56. The number of hydrogen-bond donors (Lipinski definition) is 2. The zero-order valence-electron chi connectivity index (χ0n) is 11.5. The van der Waals surface area contributed by atoms with Gasteiger partial charge in [-0.15, -0.1) is 0 Å². The molecule has 0 radical (unpaired) electrons. The molecule has 0 saturated heterocycles. The number of aryl methyl sites for hydroxylation is 1. The van der Waals surface area contributed by atoms with Crippen molar-refractivity contribution in [1.82, 2.24) is 14.9 Å². The molecule has 0 aliphatic heterocycles. The minimum atomic E-state index is 0.222. The largest absolute Gasteiger partial charge is 0.394 e. The molecule has 0 saturated carbocycles. The Hall–Kier alpha value is -1.07. The quantitative estimate of drug-likeness (QED) is 0.776. The average molecular weight is 272 g/mol. The van der Waals surface area contributed by atoms with Gasteiger partial charge in [0, 0.05) is 19.1 Å². The van der Waals surface area contributed by atoms with E-state index in [1.807, 2.05) is 6.92 Å². The van der Waals surface area contributed by atoms with Crippen LogP contribution in [0.15, 0.2) is 0 Å². The van der Waals surface area contributed by atoms with Gasteiger partial charge in [-0.3, -0.25) is 0 Å². The highest BCUT2D eigenvalue weighted by Crippen LogP contribution is 2.20. The summed E-state index contributed by atoms with van der Waals surface area (Å²) < 4.78 is 0. The third-order valence-electron chi connectivity index (χ3n) is 3.21. The number of halogens is 1. The number of nitrogen functional groups attached to an aromatic ring is 1. The molecule has 1 aromatic rings. The molecule has 3 N–H and O–H groups in total. The van der Waals surface area contributed by atoms with Crippen molar-refractivity contribution < 1.29 is 0 Å². The second kappa shape index (κ2) is 6.75. The number of nitrogens with two attached hydrogens (primary N) is 1. The van der Waals surface area contributed by atoms with Crippen molar-refractivity contribution in [2.24, 2.45) is 0 Å². The maximum Gasteiger partial charge on any atom is 0.224 e. The first-order valence-electron chi connectivity index (χ1n) is 6.19.